The molecule has 0 aliphatic carbocycles. The minimum atomic E-state index is -1.09. The summed E-state index contributed by atoms with van der Waals surface area (Å²) >= 11 is 5.82. The van der Waals surface area contributed by atoms with Crippen LogP contribution in [0, 0.1) is 6.92 Å². The monoisotopic (exact) mass is 272 g/mol. The molecule has 5 N–H and O–H groups in total. The molecule has 1 aromatic carbocycles. The normalized spacial score (nSPS) is 12.2. The van der Waals surface area contributed by atoms with Gasteiger partial charge in [-0.15, -0.1) is 0 Å². The van der Waals surface area contributed by atoms with Crippen molar-refractivity contribution in [2.24, 2.45) is 5.73 Å². The van der Waals surface area contributed by atoms with Crippen molar-refractivity contribution >= 4 is 23.3 Å². The van der Waals surface area contributed by atoms with E-state index in [9.17, 15) is 9.90 Å². The average molecular weight is 273 g/mol. The Hall–Kier alpha value is -1.30. The summed E-state index contributed by atoms with van der Waals surface area (Å²) in [5.74, 6) is -1.09. The second-order valence-corrected chi connectivity index (χ2v) is 4.48. The number of carbonyl (C=O) groups is 1. The molecule has 0 spiro atoms. The van der Waals surface area contributed by atoms with E-state index in [1.165, 1.54) is 6.07 Å². The predicted molar refractivity (Wildman–Crippen MR) is 71.1 cm³/mol. The quantitative estimate of drug-likeness (QED) is 0.593. The van der Waals surface area contributed by atoms with E-state index < -0.39 is 12.2 Å². The summed E-state index contributed by atoms with van der Waals surface area (Å²) in [7, 11) is 0. The van der Waals surface area contributed by atoms with E-state index in [1.807, 2.05) is 0 Å². The molecule has 18 heavy (non-hydrogen) atoms. The lowest BCUT2D eigenvalue weighted by molar-refractivity contribution is 0.0697. The Morgan fingerprint density at radius 1 is 1.56 bits per heavy atom. The van der Waals surface area contributed by atoms with E-state index in [0.717, 1.165) is 0 Å². The zero-order valence-electron chi connectivity index (χ0n) is 10.1. The highest BCUT2D eigenvalue weighted by atomic mass is 35.5. The number of nitrogens with one attached hydrogen (secondary N) is 1. The fraction of sp³-hybridized carbons (Fsp3) is 0.417. The molecule has 1 aromatic rings. The third kappa shape index (κ3) is 3.87. The lowest BCUT2D eigenvalue weighted by Crippen LogP contribution is -2.22. The number of carboxylic acids is 1. The molecule has 0 bridgehead atoms. The number of aryl methyl sites for hydroxylation is 1. The molecule has 0 radical (unpaired) electrons. The zero-order valence-corrected chi connectivity index (χ0v) is 10.9. The smallest absolute Gasteiger partial charge is 0.337 e. The maximum absolute atomic E-state index is 11.1. The van der Waals surface area contributed by atoms with Crippen LogP contribution in [0.4, 0.5) is 5.69 Å². The first-order chi connectivity index (χ1) is 8.45. The van der Waals surface area contributed by atoms with Gasteiger partial charge in [0.2, 0.25) is 0 Å². The summed E-state index contributed by atoms with van der Waals surface area (Å²) in [5.41, 5.74) is 6.45. The standard InChI is InChI=1S/C12H17ClN2O3/c1-7-5-8(13)6-9(12(17)18)11(7)15-10(16)3-2-4-14/h5-6,10,15-16H,2-4,14H2,1H3,(H,17,18). The van der Waals surface area contributed by atoms with Crippen LogP contribution in [0.5, 0.6) is 0 Å². The minimum Gasteiger partial charge on any atom is -0.478 e. The number of anilines is 1. The summed E-state index contributed by atoms with van der Waals surface area (Å²) in [6, 6.07) is 3.00. The molecule has 0 aliphatic heterocycles. The van der Waals surface area contributed by atoms with Crippen LogP contribution in [-0.4, -0.2) is 29.0 Å². The van der Waals surface area contributed by atoms with Gasteiger partial charge in [0.1, 0.15) is 6.23 Å². The Balaban J connectivity index is 2.96. The first-order valence-electron chi connectivity index (χ1n) is 5.63. The highest BCUT2D eigenvalue weighted by Crippen LogP contribution is 2.26. The van der Waals surface area contributed by atoms with Gasteiger partial charge in [-0.2, -0.15) is 0 Å². The molecule has 0 saturated heterocycles. The predicted octanol–water partition coefficient (Wildman–Crippen LogP) is 1.82. The van der Waals surface area contributed by atoms with Gasteiger partial charge in [-0.05, 0) is 44.0 Å². The van der Waals surface area contributed by atoms with Crippen molar-refractivity contribution in [1.82, 2.24) is 0 Å². The Labute approximate surface area is 111 Å². The summed E-state index contributed by atoms with van der Waals surface area (Å²) in [4.78, 5) is 11.1. The van der Waals surface area contributed by atoms with Gasteiger partial charge >= 0.3 is 5.97 Å². The average Bonchev–Trinajstić information content (AvgIpc) is 2.29. The van der Waals surface area contributed by atoms with Crippen molar-refractivity contribution in [2.45, 2.75) is 26.0 Å². The summed E-state index contributed by atoms with van der Waals surface area (Å²) < 4.78 is 0. The van der Waals surface area contributed by atoms with Crippen LogP contribution in [0.1, 0.15) is 28.8 Å². The zero-order chi connectivity index (χ0) is 13.7. The van der Waals surface area contributed by atoms with Crippen LogP contribution in [0.15, 0.2) is 12.1 Å². The van der Waals surface area contributed by atoms with Crippen LogP contribution in [0.2, 0.25) is 5.02 Å². The molecule has 100 valence electrons. The van der Waals surface area contributed by atoms with Crippen molar-refractivity contribution < 1.29 is 15.0 Å². The van der Waals surface area contributed by atoms with Gasteiger partial charge < -0.3 is 21.3 Å². The fourth-order valence-corrected chi connectivity index (χ4v) is 1.93. The third-order valence-corrected chi connectivity index (χ3v) is 2.74. The number of aliphatic hydroxyl groups excluding tert-OH is 1. The molecule has 6 heteroatoms. The second kappa shape index (κ2) is 6.58. The molecular weight excluding hydrogens is 256 g/mol. The molecule has 1 unspecified atom stereocenters. The van der Waals surface area contributed by atoms with Gasteiger partial charge in [0.15, 0.2) is 0 Å². The van der Waals surface area contributed by atoms with Gasteiger partial charge in [-0.1, -0.05) is 11.6 Å². The van der Waals surface area contributed by atoms with Crippen LogP contribution in [-0.2, 0) is 0 Å². The lowest BCUT2D eigenvalue weighted by atomic mass is 10.1. The molecule has 0 heterocycles. The third-order valence-electron chi connectivity index (χ3n) is 2.52. The van der Waals surface area contributed by atoms with Gasteiger partial charge in [-0.3, -0.25) is 0 Å². The fourth-order valence-electron chi connectivity index (χ4n) is 1.65. The summed E-state index contributed by atoms with van der Waals surface area (Å²) in [6.07, 6.45) is 0.285. The molecule has 0 fully saturated rings. The summed E-state index contributed by atoms with van der Waals surface area (Å²) in [6.45, 7) is 2.21. The number of hydrogen-bond donors (Lipinski definition) is 4. The van der Waals surface area contributed by atoms with E-state index >= 15 is 0 Å². The maximum atomic E-state index is 11.1. The number of benzene rings is 1. The number of nitrogens with two attached hydrogens (primary N) is 1. The maximum Gasteiger partial charge on any atom is 0.337 e. The van der Waals surface area contributed by atoms with E-state index in [2.05, 4.69) is 5.32 Å². The topological polar surface area (TPSA) is 95.6 Å². The Kier molecular flexibility index (Phi) is 5.40. The van der Waals surface area contributed by atoms with E-state index in [1.54, 1.807) is 13.0 Å². The molecule has 5 nitrogen and oxygen atoms in total. The van der Waals surface area contributed by atoms with Gasteiger partial charge in [0.25, 0.3) is 0 Å². The van der Waals surface area contributed by atoms with Crippen LogP contribution < -0.4 is 11.1 Å². The van der Waals surface area contributed by atoms with E-state index in [0.29, 0.717) is 35.7 Å². The molecule has 0 aromatic heterocycles. The second-order valence-electron chi connectivity index (χ2n) is 4.04. The summed E-state index contributed by atoms with van der Waals surface area (Å²) in [5, 5.41) is 22.0. The van der Waals surface area contributed by atoms with E-state index in [4.69, 9.17) is 22.4 Å². The Morgan fingerprint density at radius 3 is 2.78 bits per heavy atom. The van der Waals surface area contributed by atoms with Crippen LogP contribution in [0.3, 0.4) is 0 Å². The molecule has 0 aliphatic rings. The van der Waals surface area contributed by atoms with Crippen molar-refractivity contribution in [3.05, 3.63) is 28.3 Å². The number of aliphatic hydroxyl groups is 1. The number of halogens is 1. The lowest BCUT2D eigenvalue weighted by Gasteiger charge is -2.18. The van der Waals surface area contributed by atoms with Gasteiger partial charge in [0, 0.05) is 5.02 Å². The number of aromatic carboxylic acids is 1. The SMILES string of the molecule is Cc1cc(Cl)cc(C(=O)O)c1NC(O)CCCN. The largest absolute Gasteiger partial charge is 0.478 e. The van der Waals surface area contributed by atoms with Gasteiger partial charge in [0.05, 0.1) is 11.3 Å². The number of carboxylic acid groups (broad SMARTS) is 1. The highest BCUT2D eigenvalue weighted by molar-refractivity contribution is 6.31. The number of rotatable bonds is 6. The molecule has 1 rings (SSSR count). The Bertz CT molecular complexity index is 438. The van der Waals surface area contributed by atoms with Crippen LogP contribution >= 0.6 is 11.6 Å². The van der Waals surface area contributed by atoms with Crippen molar-refractivity contribution in [2.75, 3.05) is 11.9 Å². The number of hydrogen-bond acceptors (Lipinski definition) is 4. The van der Waals surface area contributed by atoms with Crippen molar-refractivity contribution in [3.8, 4) is 0 Å². The molecule has 0 saturated carbocycles. The van der Waals surface area contributed by atoms with E-state index in [-0.39, 0.29) is 5.56 Å². The molecular formula is C12H17ClN2O3. The first-order valence-corrected chi connectivity index (χ1v) is 6.01. The highest BCUT2D eigenvalue weighted by Gasteiger charge is 2.16. The molecule has 0 amide bonds. The van der Waals surface area contributed by atoms with Crippen molar-refractivity contribution in [3.63, 3.8) is 0 Å². The van der Waals surface area contributed by atoms with Crippen molar-refractivity contribution in [1.29, 1.82) is 0 Å². The van der Waals surface area contributed by atoms with Crippen LogP contribution in [0.25, 0.3) is 0 Å². The minimum absolute atomic E-state index is 0.0480. The Morgan fingerprint density at radius 2 is 2.22 bits per heavy atom. The first kappa shape index (κ1) is 14.8. The van der Waals surface area contributed by atoms with Gasteiger partial charge in [-0.25, -0.2) is 4.79 Å². The molecule has 1 atom stereocenters.